The van der Waals surface area contributed by atoms with Crippen LogP contribution in [-0.2, 0) is 13.0 Å². The van der Waals surface area contributed by atoms with Crippen LogP contribution in [0.4, 0.5) is 5.82 Å². The van der Waals surface area contributed by atoms with Crippen LogP contribution >= 0.6 is 11.6 Å². The third-order valence-corrected chi connectivity index (χ3v) is 4.64. The van der Waals surface area contributed by atoms with Gasteiger partial charge in [-0.2, -0.15) is 0 Å². The van der Waals surface area contributed by atoms with E-state index in [0.717, 1.165) is 16.7 Å². The highest BCUT2D eigenvalue weighted by Gasteiger charge is 2.12. The molecule has 8 heteroatoms. The van der Waals surface area contributed by atoms with Crippen molar-refractivity contribution in [1.29, 1.82) is 0 Å². The summed E-state index contributed by atoms with van der Waals surface area (Å²) in [6.45, 7) is 2.35. The standard InChI is InChI=1S/C21H20ClN5O2/c1-12-7-16(22)6-5-15(12)10-26-21(29)14-4-2-3-13(8-14)9-17-11-25-19(23)18(27-17)20(24)28/h2-8,11H,9-10H2,1H3,(H2,23,25)(H2,24,28)(H,26,29). The number of aryl methyl sites for hydroxylation is 1. The van der Waals surface area contributed by atoms with Crippen molar-refractivity contribution < 1.29 is 9.59 Å². The van der Waals surface area contributed by atoms with Gasteiger partial charge < -0.3 is 16.8 Å². The molecule has 0 saturated heterocycles. The number of halogens is 1. The normalized spacial score (nSPS) is 10.6. The number of nitrogens with two attached hydrogens (primary N) is 2. The lowest BCUT2D eigenvalue weighted by atomic mass is 10.1. The Morgan fingerprint density at radius 1 is 1.17 bits per heavy atom. The lowest BCUT2D eigenvalue weighted by Gasteiger charge is -2.10. The molecule has 2 amide bonds. The molecule has 3 aromatic rings. The van der Waals surface area contributed by atoms with Crippen molar-refractivity contribution in [3.05, 3.63) is 87.3 Å². The van der Waals surface area contributed by atoms with Gasteiger partial charge in [0.25, 0.3) is 11.8 Å². The van der Waals surface area contributed by atoms with Crippen LogP contribution in [-0.4, -0.2) is 21.8 Å². The van der Waals surface area contributed by atoms with Gasteiger partial charge in [-0.15, -0.1) is 0 Å². The lowest BCUT2D eigenvalue weighted by molar-refractivity contribution is 0.0949. The summed E-state index contributed by atoms with van der Waals surface area (Å²) in [5.74, 6) is -0.934. The first-order chi connectivity index (χ1) is 13.8. The number of anilines is 1. The Morgan fingerprint density at radius 3 is 2.69 bits per heavy atom. The number of carbonyl (C=O) groups is 2. The highest BCUT2D eigenvalue weighted by atomic mass is 35.5. The first-order valence-corrected chi connectivity index (χ1v) is 9.24. The summed E-state index contributed by atoms with van der Waals surface area (Å²) in [4.78, 5) is 32.0. The number of amides is 2. The van der Waals surface area contributed by atoms with E-state index >= 15 is 0 Å². The molecule has 3 rings (SSSR count). The van der Waals surface area contributed by atoms with Crippen molar-refractivity contribution in [2.24, 2.45) is 5.73 Å². The number of carbonyl (C=O) groups excluding carboxylic acids is 2. The lowest BCUT2D eigenvalue weighted by Crippen LogP contribution is -2.23. The Hall–Kier alpha value is -3.45. The number of hydrogen-bond acceptors (Lipinski definition) is 5. The van der Waals surface area contributed by atoms with E-state index in [1.807, 2.05) is 25.1 Å². The van der Waals surface area contributed by atoms with Crippen LogP contribution in [0.2, 0.25) is 5.02 Å². The Balaban J connectivity index is 1.71. The Labute approximate surface area is 173 Å². The van der Waals surface area contributed by atoms with Gasteiger partial charge in [-0.3, -0.25) is 9.59 Å². The molecule has 0 aliphatic carbocycles. The topological polar surface area (TPSA) is 124 Å². The first kappa shape index (κ1) is 20.3. The van der Waals surface area contributed by atoms with Crippen molar-refractivity contribution >= 4 is 29.2 Å². The molecule has 2 aromatic carbocycles. The summed E-state index contributed by atoms with van der Waals surface area (Å²) in [5, 5.41) is 3.57. The van der Waals surface area contributed by atoms with E-state index in [-0.39, 0.29) is 17.4 Å². The molecular formula is C21H20ClN5O2. The molecule has 0 atom stereocenters. The van der Waals surface area contributed by atoms with E-state index < -0.39 is 5.91 Å². The van der Waals surface area contributed by atoms with Gasteiger partial charge in [0, 0.05) is 23.6 Å². The van der Waals surface area contributed by atoms with Crippen LogP contribution in [0.15, 0.2) is 48.7 Å². The van der Waals surface area contributed by atoms with Gasteiger partial charge in [-0.1, -0.05) is 29.8 Å². The zero-order chi connectivity index (χ0) is 21.0. The molecule has 1 aromatic heterocycles. The maximum atomic E-state index is 12.5. The molecule has 0 fully saturated rings. The maximum absolute atomic E-state index is 12.5. The average Bonchev–Trinajstić information content (AvgIpc) is 2.68. The summed E-state index contributed by atoms with van der Waals surface area (Å²) in [6, 6.07) is 12.7. The number of nitrogens with zero attached hydrogens (tertiary/aromatic N) is 2. The van der Waals surface area contributed by atoms with Crippen molar-refractivity contribution in [2.75, 3.05) is 5.73 Å². The summed E-state index contributed by atoms with van der Waals surface area (Å²) in [6.07, 6.45) is 1.86. The van der Waals surface area contributed by atoms with Gasteiger partial charge in [-0.05, 0) is 47.9 Å². The van der Waals surface area contributed by atoms with Crippen molar-refractivity contribution in [3.8, 4) is 0 Å². The van der Waals surface area contributed by atoms with Crippen LogP contribution in [0.25, 0.3) is 0 Å². The second kappa shape index (κ2) is 8.70. The van der Waals surface area contributed by atoms with Crippen molar-refractivity contribution in [2.45, 2.75) is 19.9 Å². The predicted octanol–water partition coefficient (Wildman–Crippen LogP) is 2.64. The van der Waals surface area contributed by atoms with E-state index in [2.05, 4.69) is 15.3 Å². The predicted molar refractivity (Wildman–Crippen MR) is 112 cm³/mol. The molecule has 0 unspecified atom stereocenters. The number of rotatable bonds is 6. The molecule has 0 aliphatic heterocycles. The summed E-state index contributed by atoms with van der Waals surface area (Å²) in [5.41, 5.74) is 14.7. The van der Waals surface area contributed by atoms with Gasteiger partial charge in [0.15, 0.2) is 11.5 Å². The second-order valence-electron chi connectivity index (χ2n) is 6.59. The summed E-state index contributed by atoms with van der Waals surface area (Å²) < 4.78 is 0. The van der Waals surface area contributed by atoms with Gasteiger partial charge in [0.05, 0.1) is 11.9 Å². The fraction of sp³-hybridized carbons (Fsp3) is 0.143. The molecule has 0 aliphatic rings. The minimum Gasteiger partial charge on any atom is -0.382 e. The minimum absolute atomic E-state index is 0.00753. The molecule has 5 N–H and O–H groups in total. The molecule has 1 heterocycles. The van der Waals surface area contributed by atoms with Gasteiger partial charge in [0.2, 0.25) is 0 Å². The molecule has 0 bridgehead atoms. The van der Waals surface area contributed by atoms with Gasteiger partial charge in [0.1, 0.15) is 0 Å². The average molecular weight is 410 g/mol. The van der Waals surface area contributed by atoms with Crippen LogP contribution in [0.1, 0.15) is 43.2 Å². The first-order valence-electron chi connectivity index (χ1n) is 8.87. The largest absolute Gasteiger partial charge is 0.382 e. The third-order valence-electron chi connectivity index (χ3n) is 4.40. The van der Waals surface area contributed by atoms with Crippen LogP contribution in [0.5, 0.6) is 0 Å². The fourth-order valence-corrected chi connectivity index (χ4v) is 3.09. The number of hydrogen-bond donors (Lipinski definition) is 3. The highest BCUT2D eigenvalue weighted by Crippen LogP contribution is 2.16. The highest BCUT2D eigenvalue weighted by molar-refractivity contribution is 6.30. The maximum Gasteiger partial charge on any atom is 0.271 e. The van der Waals surface area contributed by atoms with E-state index in [1.165, 1.54) is 6.20 Å². The molecule has 7 nitrogen and oxygen atoms in total. The molecule has 0 saturated carbocycles. The molecule has 0 radical (unpaired) electrons. The zero-order valence-electron chi connectivity index (χ0n) is 15.8. The number of benzene rings is 2. The van der Waals surface area contributed by atoms with Crippen LogP contribution in [0.3, 0.4) is 0 Å². The Morgan fingerprint density at radius 2 is 1.97 bits per heavy atom. The Kier molecular flexibility index (Phi) is 6.09. The van der Waals surface area contributed by atoms with Crippen molar-refractivity contribution in [3.63, 3.8) is 0 Å². The summed E-state index contributed by atoms with van der Waals surface area (Å²) in [7, 11) is 0. The zero-order valence-corrected chi connectivity index (χ0v) is 16.5. The van der Waals surface area contributed by atoms with Crippen molar-refractivity contribution in [1.82, 2.24) is 15.3 Å². The fourth-order valence-electron chi connectivity index (χ4n) is 2.87. The van der Waals surface area contributed by atoms with Crippen LogP contribution < -0.4 is 16.8 Å². The van der Waals surface area contributed by atoms with E-state index in [0.29, 0.717) is 29.2 Å². The van der Waals surface area contributed by atoms with E-state index in [1.54, 1.807) is 24.3 Å². The summed E-state index contributed by atoms with van der Waals surface area (Å²) >= 11 is 5.97. The molecule has 0 spiro atoms. The third kappa shape index (κ3) is 5.08. The van der Waals surface area contributed by atoms with E-state index in [9.17, 15) is 9.59 Å². The monoisotopic (exact) mass is 409 g/mol. The number of nitrogen functional groups attached to an aromatic ring is 1. The number of nitrogens with one attached hydrogen (secondary N) is 1. The second-order valence-corrected chi connectivity index (χ2v) is 7.03. The molecule has 29 heavy (non-hydrogen) atoms. The Bertz CT molecular complexity index is 1080. The number of primary amides is 1. The van der Waals surface area contributed by atoms with Crippen LogP contribution in [0, 0.1) is 6.92 Å². The molecular weight excluding hydrogens is 390 g/mol. The van der Waals surface area contributed by atoms with Gasteiger partial charge in [-0.25, -0.2) is 9.97 Å². The van der Waals surface area contributed by atoms with Gasteiger partial charge >= 0.3 is 0 Å². The minimum atomic E-state index is -0.734. The quantitative estimate of drug-likeness (QED) is 0.577. The van der Waals surface area contributed by atoms with E-state index in [4.69, 9.17) is 23.1 Å². The molecule has 148 valence electrons. The SMILES string of the molecule is Cc1cc(Cl)ccc1CNC(=O)c1cccc(Cc2cnc(N)c(C(N)=O)n2)c1. The number of aromatic nitrogens is 2. The smallest absolute Gasteiger partial charge is 0.271 e.